The second-order valence-corrected chi connectivity index (χ2v) is 5.55. The summed E-state index contributed by atoms with van der Waals surface area (Å²) in [5, 5.41) is 5.07. The number of fused-ring (bicyclic) bond motifs is 1. The lowest BCUT2D eigenvalue weighted by Crippen LogP contribution is -1.98. The minimum Gasteiger partial charge on any atom is -0.490 e. The molecule has 26 heavy (non-hydrogen) atoms. The molecule has 0 aliphatic heterocycles. The molecule has 0 atom stereocenters. The molecule has 3 aromatic heterocycles. The van der Waals surface area contributed by atoms with E-state index in [1.165, 1.54) is 0 Å². The molecule has 7 heteroatoms. The Balaban J connectivity index is 1.72. The van der Waals surface area contributed by atoms with Gasteiger partial charge in [-0.1, -0.05) is 5.16 Å². The normalized spacial score (nSPS) is 11.0. The molecule has 0 aliphatic carbocycles. The van der Waals surface area contributed by atoms with Crippen molar-refractivity contribution in [2.24, 2.45) is 0 Å². The van der Waals surface area contributed by atoms with Gasteiger partial charge >= 0.3 is 0 Å². The van der Waals surface area contributed by atoms with E-state index in [0.717, 1.165) is 22.2 Å². The number of rotatable bonds is 6. The number of hydrogen-bond acceptors (Lipinski definition) is 6. The minimum atomic E-state index is 0.421. The number of benzene rings is 1. The predicted molar refractivity (Wildman–Crippen MR) is 97.2 cm³/mol. The van der Waals surface area contributed by atoms with Crippen molar-refractivity contribution < 1.29 is 14.0 Å². The summed E-state index contributed by atoms with van der Waals surface area (Å²) >= 11 is 0. The first-order valence-electron chi connectivity index (χ1n) is 8.46. The van der Waals surface area contributed by atoms with Crippen LogP contribution in [-0.4, -0.2) is 33.3 Å². The van der Waals surface area contributed by atoms with Crippen molar-refractivity contribution in [1.82, 2.24) is 20.1 Å². The fourth-order valence-electron chi connectivity index (χ4n) is 2.79. The first-order valence-corrected chi connectivity index (χ1v) is 8.46. The van der Waals surface area contributed by atoms with Crippen molar-refractivity contribution >= 4 is 11.0 Å². The molecule has 0 saturated carbocycles. The zero-order valence-corrected chi connectivity index (χ0v) is 14.5. The minimum absolute atomic E-state index is 0.421. The molecule has 1 aromatic carbocycles. The molecule has 0 amide bonds. The van der Waals surface area contributed by atoms with Crippen LogP contribution < -0.4 is 9.47 Å². The topological polar surface area (TPSA) is 86.1 Å². The van der Waals surface area contributed by atoms with Crippen molar-refractivity contribution in [3.63, 3.8) is 0 Å². The molecule has 0 radical (unpaired) electrons. The van der Waals surface area contributed by atoms with Gasteiger partial charge in [-0.05, 0) is 44.2 Å². The highest BCUT2D eigenvalue weighted by Crippen LogP contribution is 2.33. The number of hydrogen-bond donors (Lipinski definition) is 1. The lowest BCUT2D eigenvalue weighted by Gasteiger charge is -2.11. The van der Waals surface area contributed by atoms with Gasteiger partial charge in [-0.25, -0.2) is 4.98 Å². The summed E-state index contributed by atoms with van der Waals surface area (Å²) in [6, 6.07) is 9.39. The molecular weight excluding hydrogens is 332 g/mol. The van der Waals surface area contributed by atoms with E-state index in [9.17, 15) is 0 Å². The van der Waals surface area contributed by atoms with Gasteiger partial charge in [-0.15, -0.1) is 0 Å². The molecule has 132 valence electrons. The number of aromatic nitrogens is 4. The van der Waals surface area contributed by atoms with Gasteiger partial charge in [0, 0.05) is 28.9 Å². The van der Waals surface area contributed by atoms with Crippen LogP contribution in [0.5, 0.6) is 11.5 Å². The number of nitrogens with zero attached hydrogens (tertiary/aromatic N) is 3. The average molecular weight is 350 g/mol. The Morgan fingerprint density at radius 3 is 2.73 bits per heavy atom. The third kappa shape index (κ3) is 2.88. The molecule has 7 nitrogen and oxygen atoms in total. The van der Waals surface area contributed by atoms with Gasteiger partial charge in [0.2, 0.25) is 5.82 Å². The van der Waals surface area contributed by atoms with Crippen LogP contribution in [0.2, 0.25) is 0 Å². The third-order valence-electron chi connectivity index (χ3n) is 3.92. The van der Waals surface area contributed by atoms with Crippen molar-refractivity contribution in [3.8, 4) is 34.3 Å². The van der Waals surface area contributed by atoms with Crippen LogP contribution in [0, 0.1) is 0 Å². The Hall–Kier alpha value is -3.35. The van der Waals surface area contributed by atoms with Crippen LogP contribution in [-0.2, 0) is 0 Å². The Morgan fingerprint density at radius 2 is 1.88 bits per heavy atom. The summed E-state index contributed by atoms with van der Waals surface area (Å²) < 4.78 is 16.7. The molecule has 1 N–H and O–H groups in total. The van der Waals surface area contributed by atoms with Crippen molar-refractivity contribution in [2.45, 2.75) is 13.8 Å². The predicted octanol–water partition coefficient (Wildman–Crippen LogP) is 4.08. The molecule has 0 spiro atoms. The molecule has 0 fully saturated rings. The van der Waals surface area contributed by atoms with E-state index in [1.807, 2.05) is 50.4 Å². The Labute approximate surface area is 150 Å². The number of ether oxygens (including phenoxy) is 2. The maximum absolute atomic E-state index is 5.66. The van der Waals surface area contributed by atoms with Crippen LogP contribution in [0.25, 0.3) is 33.9 Å². The average Bonchev–Trinajstić information content (AvgIpc) is 3.33. The maximum atomic E-state index is 5.66. The zero-order valence-electron chi connectivity index (χ0n) is 14.5. The second-order valence-electron chi connectivity index (χ2n) is 5.55. The molecule has 4 aromatic rings. The van der Waals surface area contributed by atoms with Gasteiger partial charge in [0.25, 0.3) is 5.89 Å². The third-order valence-corrected chi connectivity index (χ3v) is 3.92. The Morgan fingerprint density at radius 1 is 1.04 bits per heavy atom. The van der Waals surface area contributed by atoms with E-state index in [-0.39, 0.29) is 0 Å². The van der Waals surface area contributed by atoms with Crippen LogP contribution in [0.3, 0.4) is 0 Å². The van der Waals surface area contributed by atoms with Gasteiger partial charge in [0.1, 0.15) is 5.65 Å². The highest BCUT2D eigenvalue weighted by molar-refractivity contribution is 5.90. The Bertz CT molecular complexity index is 1040. The fourth-order valence-corrected chi connectivity index (χ4v) is 2.79. The first kappa shape index (κ1) is 16.1. The summed E-state index contributed by atoms with van der Waals surface area (Å²) in [7, 11) is 0. The summed E-state index contributed by atoms with van der Waals surface area (Å²) in [4.78, 5) is 11.9. The van der Waals surface area contributed by atoms with Crippen LogP contribution >= 0.6 is 0 Å². The summed E-state index contributed by atoms with van der Waals surface area (Å²) in [5.74, 6) is 2.29. The second kappa shape index (κ2) is 6.87. The van der Waals surface area contributed by atoms with Crippen LogP contribution in [0.1, 0.15) is 13.8 Å². The molecule has 0 unspecified atom stereocenters. The van der Waals surface area contributed by atoms with E-state index >= 15 is 0 Å². The molecule has 0 bridgehead atoms. The molecule has 3 heterocycles. The van der Waals surface area contributed by atoms with Crippen LogP contribution in [0.15, 0.2) is 47.2 Å². The Kier molecular flexibility index (Phi) is 4.27. The van der Waals surface area contributed by atoms with Crippen molar-refractivity contribution in [3.05, 3.63) is 42.7 Å². The van der Waals surface area contributed by atoms with Gasteiger partial charge in [-0.3, -0.25) is 0 Å². The van der Waals surface area contributed by atoms with Gasteiger partial charge in [0.05, 0.1) is 13.2 Å². The van der Waals surface area contributed by atoms with E-state index in [2.05, 4.69) is 20.1 Å². The van der Waals surface area contributed by atoms with Crippen molar-refractivity contribution in [1.29, 1.82) is 0 Å². The highest BCUT2D eigenvalue weighted by atomic mass is 16.5. The van der Waals surface area contributed by atoms with Crippen LogP contribution in [0.4, 0.5) is 0 Å². The SMILES string of the molecule is CCOc1ccc(-c2nc(-c3ccnc4[nH]ccc34)no2)cc1OCC. The lowest BCUT2D eigenvalue weighted by molar-refractivity contribution is 0.288. The smallest absolute Gasteiger partial charge is 0.258 e. The fraction of sp³-hybridized carbons (Fsp3) is 0.211. The molecule has 0 aliphatic rings. The standard InChI is InChI=1S/C19H18N4O3/c1-3-24-15-6-5-12(11-16(15)25-4-2)19-22-18(23-26-19)14-8-10-21-17-13(14)7-9-20-17/h5-11H,3-4H2,1-2H3,(H,20,21). The molecular formula is C19H18N4O3. The lowest BCUT2D eigenvalue weighted by atomic mass is 10.1. The number of H-pyrrole nitrogens is 1. The summed E-state index contributed by atoms with van der Waals surface area (Å²) in [6.07, 6.45) is 3.55. The number of aromatic amines is 1. The first-order chi connectivity index (χ1) is 12.8. The van der Waals surface area contributed by atoms with Crippen molar-refractivity contribution in [2.75, 3.05) is 13.2 Å². The number of nitrogens with one attached hydrogen (secondary N) is 1. The summed E-state index contributed by atoms with van der Waals surface area (Å²) in [6.45, 7) is 4.98. The molecule has 0 saturated heterocycles. The number of pyridine rings is 1. The maximum Gasteiger partial charge on any atom is 0.258 e. The summed E-state index contributed by atoms with van der Waals surface area (Å²) in [5.41, 5.74) is 2.42. The van der Waals surface area contributed by atoms with Gasteiger partial charge in [-0.2, -0.15) is 4.98 Å². The monoisotopic (exact) mass is 350 g/mol. The van der Waals surface area contributed by atoms with E-state index in [1.54, 1.807) is 6.20 Å². The highest BCUT2D eigenvalue weighted by Gasteiger charge is 2.16. The largest absolute Gasteiger partial charge is 0.490 e. The van der Waals surface area contributed by atoms with Gasteiger partial charge < -0.3 is 19.0 Å². The van der Waals surface area contributed by atoms with E-state index < -0.39 is 0 Å². The van der Waals surface area contributed by atoms with Gasteiger partial charge in [0.15, 0.2) is 11.5 Å². The van der Waals surface area contributed by atoms with E-state index in [0.29, 0.717) is 36.4 Å². The van der Waals surface area contributed by atoms with E-state index in [4.69, 9.17) is 14.0 Å². The molecule has 4 rings (SSSR count). The zero-order chi connectivity index (χ0) is 17.9. The quantitative estimate of drug-likeness (QED) is 0.564.